The lowest BCUT2D eigenvalue weighted by Crippen LogP contribution is -2.42. The van der Waals surface area contributed by atoms with E-state index in [4.69, 9.17) is 4.74 Å². The van der Waals surface area contributed by atoms with Crippen molar-refractivity contribution in [1.29, 1.82) is 0 Å². The highest BCUT2D eigenvalue weighted by atomic mass is 32.2. The predicted molar refractivity (Wildman–Crippen MR) is 102 cm³/mol. The van der Waals surface area contributed by atoms with Crippen LogP contribution in [0.4, 0.5) is 11.4 Å². The van der Waals surface area contributed by atoms with Gasteiger partial charge in [0.25, 0.3) is 0 Å². The number of nitrogens with one attached hydrogen (secondary N) is 1. The van der Waals surface area contributed by atoms with Crippen LogP contribution in [0.3, 0.4) is 0 Å². The number of carbonyl (C=O) groups is 1. The van der Waals surface area contributed by atoms with Crippen LogP contribution in [0.1, 0.15) is 19.3 Å². The van der Waals surface area contributed by atoms with Crippen molar-refractivity contribution < 1.29 is 17.9 Å². The average Bonchev–Trinajstić information content (AvgIpc) is 2.57. The van der Waals surface area contributed by atoms with E-state index in [-0.39, 0.29) is 18.4 Å². The first kappa shape index (κ1) is 19.0. The molecule has 1 amide bonds. The molecule has 1 heterocycles. The molecule has 1 saturated carbocycles. The van der Waals surface area contributed by atoms with Gasteiger partial charge in [0.15, 0.2) is 0 Å². The van der Waals surface area contributed by atoms with E-state index in [1.807, 2.05) is 24.3 Å². The smallest absolute Gasteiger partial charge is 0.232 e. The number of sulfonamides is 1. The first-order valence-corrected chi connectivity index (χ1v) is 11.0. The standard InChI is InChI=1S/C18H27N3O4S/c1-26(23,24)21(10-9-19-18(22)15-5-4-6-15)17-8-3-2-7-16(17)20-11-13-25-14-12-20/h2-3,7-8,15H,4-6,9-14H2,1H3,(H,19,22). The SMILES string of the molecule is CS(=O)(=O)N(CCNC(=O)C1CCC1)c1ccccc1N1CCOCC1. The van der Waals surface area contributed by atoms with E-state index in [0.717, 1.165) is 38.0 Å². The molecule has 1 aromatic carbocycles. The van der Waals surface area contributed by atoms with Crippen molar-refractivity contribution in [2.45, 2.75) is 19.3 Å². The maximum Gasteiger partial charge on any atom is 0.232 e. The van der Waals surface area contributed by atoms with Gasteiger partial charge in [0, 0.05) is 25.6 Å². The van der Waals surface area contributed by atoms with Crippen molar-refractivity contribution in [3.05, 3.63) is 24.3 Å². The second kappa shape index (κ2) is 8.26. The fourth-order valence-corrected chi connectivity index (χ4v) is 4.24. The maximum absolute atomic E-state index is 12.4. The van der Waals surface area contributed by atoms with Crippen LogP contribution in [0.5, 0.6) is 0 Å². The van der Waals surface area contributed by atoms with Crippen molar-refractivity contribution in [1.82, 2.24) is 5.32 Å². The Balaban J connectivity index is 1.74. The summed E-state index contributed by atoms with van der Waals surface area (Å²) in [4.78, 5) is 14.1. The fourth-order valence-electron chi connectivity index (χ4n) is 3.31. The molecule has 1 aliphatic heterocycles. The molecule has 26 heavy (non-hydrogen) atoms. The molecule has 1 N–H and O–H groups in total. The van der Waals surface area contributed by atoms with E-state index in [1.165, 1.54) is 10.6 Å². The minimum absolute atomic E-state index is 0.0335. The van der Waals surface area contributed by atoms with Crippen LogP contribution in [0.2, 0.25) is 0 Å². The molecule has 1 aliphatic carbocycles. The number of morpholine rings is 1. The molecule has 8 heteroatoms. The lowest BCUT2D eigenvalue weighted by molar-refractivity contribution is -0.127. The van der Waals surface area contributed by atoms with Crippen molar-refractivity contribution in [3.63, 3.8) is 0 Å². The van der Waals surface area contributed by atoms with Crippen LogP contribution >= 0.6 is 0 Å². The first-order valence-electron chi connectivity index (χ1n) is 9.14. The molecule has 0 spiro atoms. The largest absolute Gasteiger partial charge is 0.378 e. The number of benzene rings is 1. The summed E-state index contributed by atoms with van der Waals surface area (Å²) in [5.74, 6) is 0.133. The zero-order valence-corrected chi connectivity index (χ0v) is 16.0. The Morgan fingerprint density at radius 2 is 1.96 bits per heavy atom. The van der Waals surface area contributed by atoms with Crippen LogP contribution in [-0.2, 0) is 19.6 Å². The summed E-state index contributed by atoms with van der Waals surface area (Å²) < 4.78 is 31.6. The normalized spacial score (nSPS) is 18.3. The minimum Gasteiger partial charge on any atom is -0.378 e. The average molecular weight is 381 g/mol. The van der Waals surface area contributed by atoms with Crippen LogP contribution in [0.25, 0.3) is 0 Å². The monoisotopic (exact) mass is 381 g/mol. The Labute approximate surface area is 155 Å². The van der Waals surface area contributed by atoms with E-state index in [9.17, 15) is 13.2 Å². The Kier molecular flexibility index (Phi) is 6.03. The van der Waals surface area contributed by atoms with Gasteiger partial charge in [-0.3, -0.25) is 9.10 Å². The van der Waals surface area contributed by atoms with Gasteiger partial charge in [0.2, 0.25) is 15.9 Å². The summed E-state index contributed by atoms with van der Waals surface area (Å²) >= 11 is 0. The zero-order valence-electron chi connectivity index (χ0n) is 15.2. The number of anilines is 2. The van der Waals surface area contributed by atoms with E-state index in [2.05, 4.69) is 10.2 Å². The van der Waals surface area contributed by atoms with Gasteiger partial charge in [-0.15, -0.1) is 0 Å². The molecular formula is C18H27N3O4S. The number of ether oxygens (including phenoxy) is 1. The molecular weight excluding hydrogens is 354 g/mol. The number of nitrogens with zero attached hydrogens (tertiary/aromatic N) is 2. The van der Waals surface area contributed by atoms with Crippen LogP contribution in [-0.4, -0.2) is 60.0 Å². The first-order chi connectivity index (χ1) is 12.5. The lowest BCUT2D eigenvalue weighted by Gasteiger charge is -2.33. The van der Waals surface area contributed by atoms with Gasteiger partial charge in [0.05, 0.1) is 37.4 Å². The predicted octanol–water partition coefficient (Wildman–Crippen LogP) is 1.21. The Morgan fingerprint density at radius 3 is 2.58 bits per heavy atom. The third-order valence-corrected chi connectivity index (χ3v) is 6.17. The molecule has 144 valence electrons. The Bertz CT molecular complexity index is 728. The third kappa shape index (κ3) is 4.48. The van der Waals surface area contributed by atoms with E-state index >= 15 is 0 Å². The summed E-state index contributed by atoms with van der Waals surface area (Å²) in [6.07, 6.45) is 4.17. The molecule has 0 atom stereocenters. The van der Waals surface area contributed by atoms with Crippen molar-refractivity contribution in [2.24, 2.45) is 5.92 Å². The van der Waals surface area contributed by atoms with Gasteiger partial charge in [-0.25, -0.2) is 8.42 Å². The van der Waals surface area contributed by atoms with Gasteiger partial charge >= 0.3 is 0 Å². The number of hydrogen-bond acceptors (Lipinski definition) is 5. The number of carbonyl (C=O) groups excluding carboxylic acids is 1. The van der Waals surface area contributed by atoms with Crippen molar-refractivity contribution >= 4 is 27.3 Å². The van der Waals surface area contributed by atoms with Gasteiger partial charge < -0.3 is 15.0 Å². The minimum atomic E-state index is -3.46. The van der Waals surface area contributed by atoms with Gasteiger partial charge in [0.1, 0.15) is 0 Å². The van der Waals surface area contributed by atoms with Gasteiger partial charge in [-0.05, 0) is 25.0 Å². The molecule has 3 rings (SSSR count). The maximum atomic E-state index is 12.4. The summed E-state index contributed by atoms with van der Waals surface area (Å²) in [5.41, 5.74) is 1.53. The fraction of sp³-hybridized carbons (Fsp3) is 0.611. The number of hydrogen-bond donors (Lipinski definition) is 1. The molecule has 0 aromatic heterocycles. The van der Waals surface area contributed by atoms with Crippen LogP contribution in [0, 0.1) is 5.92 Å². The van der Waals surface area contributed by atoms with Crippen molar-refractivity contribution in [3.8, 4) is 0 Å². The number of para-hydroxylation sites is 2. The molecule has 0 bridgehead atoms. The van der Waals surface area contributed by atoms with E-state index in [0.29, 0.717) is 25.4 Å². The van der Waals surface area contributed by atoms with Crippen molar-refractivity contribution in [2.75, 3.05) is 54.9 Å². The Hall–Kier alpha value is -1.80. The van der Waals surface area contributed by atoms with Crippen LogP contribution < -0.4 is 14.5 Å². The van der Waals surface area contributed by atoms with Crippen LogP contribution in [0.15, 0.2) is 24.3 Å². The highest BCUT2D eigenvalue weighted by molar-refractivity contribution is 7.92. The third-order valence-electron chi connectivity index (χ3n) is 4.99. The molecule has 2 aliphatic rings. The summed E-state index contributed by atoms with van der Waals surface area (Å²) in [7, 11) is -3.46. The molecule has 2 fully saturated rings. The molecule has 0 unspecified atom stereocenters. The summed E-state index contributed by atoms with van der Waals surface area (Å²) in [6.45, 7) is 3.24. The molecule has 1 saturated heterocycles. The summed E-state index contributed by atoms with van der Waals surface area (Å²) in [6, 6.07) is 7.50. The quantitative estimate of drug-likeness (QED) is 0.768. The molecule has 7 nitrogen and oxygen atoms in total. The molecule has 0 radical (unpaired) electrons. The topological polar surface area (TPSA) is 79.0 Å². The molecule has 1 aromatic rings. The second-order valence-corrected chi connectivity index (χ2v) is 8.75. The zero-order chi connectivity index (χ0) is 18.6. The van der Waals surface area contributed by atoms with E-state index in [1.54, 1.807) is 0 Å². The lowest BCUT2D eigenvalue weighted by atomic mass is 9.85. The summed E-state index contributed by atoms with van der Waals surface area (Å²) in [5, 5.41) is 2.88. The second-order valence-electron chi connectivity index (χ2n) is 6.84. The van der Waals surface area contributed by atoms with E-state index < -0.39 is 10.0 Å². The highest BCUT2D eigenvalue weighted by Gasteiger charge is 2.26. The number of amides is 1. The van der Waals surface area contributed by atoms with Gasteiger partial charge in [-0.2, -0.15) is 0 Å². The van der Waals surface area contributed by atoms with Gasteiger partial charge in [-0.1, -0.05) is 18.6 Å². The number of rotatable bonds is 7. The Morgan fingerprint density at radius 1 is 1.27 bits per heavy atom. The highest BCUT2D eigenvalue weighted by Crippen LogP contribution is 2.31.